The number of benzene rings is 2. The Morgan fingerprint density at radius 3 is 2.17 bits per heavy atom. The molecule has 2 aromatic rings. The summed E-state index contributed by atoms with van der Waals surface area (Å²) in [4.78, 5) is 0. The molecule has 0 aliphatic heterocycles. The highest BCUT2D eigenvalue weighted by Gasteiger charge is 2.64. The summed E-state index contributed by atoms with van der Waals surface area (Å²) in [5.41, 5.74) is 0.860. The summed E-state index contributed by atoms with van der Waals surface area (Å²) < 4.78 is 43.3. The molecule has 3 rings (SSSR count). The molecule has 0 amide bonds. The minimum absolute atomic E-state index is 0.288. The van der Waals surface area contributed by atoms with Crippen molar-refractivity contribution in [2.45, 2.75) is 22.6 Å². The minimum atomic E-state index is -2.75. The van der Waals surface area contributed by atoms with Crippen molar-refractivity contribution in [1.82, 2.24) is 0 Å². The van der Waals surface area contributed by atoms with E-state index in [0.717, 1.165) is 11.6 Å². The van der Waals surface area contributed by atoms with Crippen LogP contribution in [0, 0.1) is 5.82 Å². The summed E-state index contributed by atoms with van der Waals surface area (Å²) in [6.07, 6.45) is -2.75. The Bertz CT molecular complexity index is 716. The van der Waals surface area contributed by atoms with E-state index in [1.165, 1.54) is 12.1 Å². The number of hydrogen-bond acceptors (Lipinski definition) is 1. The van der Waals surface area contributed by atoms with Crippen molar-refractivity contribution in [3.63, 3.8) is 0 Å². The van der Waals surface area contributed by atoms with Crippen molar-refractivity contribution >= 4 is 23.2 Å². The lowest BCUT2D eigenvalue weighted by atomic mass is 10.0. The first-order valence-electron chi connectivity index (χ1n) is 6.95. The average Bonchev–Trinajstić information content (AvgIpc) is 3.09. The normalized spacial score (nSPS) is 22.2. The average molecular weight is 361 g/mol. The molecule has 0 bridgehead atoms. The maximum atomic E-state index is 13.6. The predicted molar refractivity (Wildman–Crippen MR) is 84.3 cm³/mol. The standard InChI is InChI=1S/C17H13Cl2F3O/c1-23-13-4-2-9(3-5-13)14-15(17(14,18)19)10-6-11(16(21)22)8-12(20)7-10/h2-8,14-16H,1H3/t14-,15-/m0/s1. The van der Waals surface area contributed by atoms with Crippen molar-refractivity contribution in [1.29, 1.82) is 0 Å². The van der Waals surface area contributed by atoms with Crippen LogP contribution in [0.3, 0.4) is 0 Å². The summed E-state index contributed by atoms with van der Waals surface area (Å²) in [5, 5.41) is 0. The second kappa shape index (κ2) is 5.91. The third kappa shape index (κ3) is 3.02. The SMILES string of the molecule is COc1ccc([C@H]2[C@H](c3cc(F)cc(C(F)F)c3)C2(Cl)Cl)cc1. The van der Waals surface area contributed by atoms with E-state index in [1.807, 2.05) is 12.1 Å². The molecule has 2 aromatic carbocycles. The molecular weight excluding hydrogens is 348 g/mol. The zero-order valence-electron chi connectivity index (χ0n) is 12.1. The minimum Gasteiger partial charge on any atom is -0.497 e. The molecule has 0 unspecified atom stereocenters. The van der Waals surface area contributed by atoms with Crippen molar-refractivity contribution in [3.8, 4) is 5.75 Å². The Labute approximate surface area is 142 Å². The lowest BCUT2D eigenvalue weighted by Gasteiger charge is -2.06. The first-order chi connectivity index (χ1) is 10.8. The van der Waals surface area contributed by atoms with Gasteiger partial charge in [-0.2, -0.15) is 0 Å². The molecule has 0 aromatic heterocycles. The molecule has 122 valence electrons. The van der Waals surface area contributed by atoms with Crippen LogP contribution in [0.5, 0.6) is 5.75 Å². The van der Waals surface area contributed by atoms with E-state index < -0.39 is 22.5 Å². The van der Waals surface area contributed by atoms with Gasteiger partial charge in [-0.25, -0.2) is 13.2 Å². The van der Waals surface area contributed by atoms with E-state index >= 15 is 0 Å². The van der Waals surface area contributed by atoms with Crippen molar-refractivity contribution in [2.75, 3.05) is 7.11 Å². The monoisotopic (exact) mass is 360 g/mol. The van der Waals surface area contributed by atoms with E-state index in [-0.39, 0.29) is 11.5 Å². The van der Waals surface area contributed by atoms with Crippen LogP contribution in [0.15, 0.2) is 42.5 Å². The van der Waals surface area contributed by atoms with Gasteiger partial charge in [0.15, 0.2) is 0 Å². The third-order valence-corrected chi connectivity index (χ3v) is 5.02. The second-order valence-corrected chi connectivity index (χ2v) is 6.97. The lowest BCUT2D eigenvalue weighted by Crippen LogP contribution is -1.94. The molecule has 0 N–H and O–H groups in total. The van der Waals surface area contributed by atoms with Crippen LogP contribution in [-0.2, 0) is 0 Å². The maximum absolute atomic E-state index is 13.6. The molecule has 1 fully saturated rings. The lowest BCUT2D eigenvalue weighted by molar-refractivity contribution is 0.151. The zero-order chi connectivity index (χ0) is 16.8. The Kier molecular flexibility index (Phi) is 4.23. The fourth-order valence-electron chi connectivity index (χ4n) is 2.91. The summed E-state index contributed by atoms with van der Waals surface area (Å²) in [5.74, 6) is -0.759. The molecular formula is C17H13Cl2F3O. The van der Waals surface area contributed by atoms with Crippen molar-refractivity contribution < 1.29 is 17.9 Å². The molecule has 0 saturated heterocycles. The van der Waals surface area contributed by atoms with Crippen LogP contribution in [0.25, 0.3) is 0 Å². The smallest absolute Gasteiger partial charge is 0.263 e. The van der Waals surface area contributed by atoms with Gasteiger partial charge in [0.25, 0.3) is 6.43 Å². The van der Waals surface area contributed by atoms with E-state index in [0.29, 0.717) is 11.3 Å². The first-order valence-corrected chi connectivity index (χ1v) is 7.70. The van der Waals surface area contributed by atoms with Gasteiger partial charge in [0.05, 0.1) is 7.11 Å². The van der Waals surface area contributed by atoms with Crippen LogP contribution in [0.2, 0.25) is 0 Å². The highest BCUT2D eigenvalue weighted by atomic mass is 35.5. The molecule has 1 nitrogen and oxygen atoms in total. The van der Waals surface area contributed by atoms with E-state index in [1.54, 1.807) is 19.2 Å². The van der Waals surface area contributed by atoms with Gasteiger partial charge >= 0.3 is 0 Å². The summed E-state index contributed by atoms with van der Waals surface area (Å²) in [6.45, 7) is 0. The van der Waals surface area contributed by atoms with E-state index in [9.17, 15) is 13.2 Å². The fraction of sp³-hybridized carbons (Fsp3) is 0.294. The molecule has 23 heavy (non-hydrogen) atoms. The number of methoxy groups -OCH3 is 1. The Morgan fingerprint density at radius 2 is 1.61 bits per heavy atom. The molecule has 1 saturated carbocycles. The van der Waals surface area contributed by atoms with Gasteiger partial charge < -0.3 is 4.74 Å². The number of alkyl halides is 4. The predicted octanol–water partition coefficient (Wildman–Crippen LogP) is 5.83. The highest BCUT2D eigenvalue weighted by Crippen LogP contribution is 2.70. The highest BCUT2D eigenvalue weighted by molar-refractivity contribution is 6.52. The summed E-state index contributed by atoms with van der Waals surface area (Å²) in [7, 11) is 1.56. The molecule has 2 atom stereocenters. The van der Waals surface area contributed by atoms with Gasteiger partial charge in [-0.05, 0) is 41.5 Å². The Morgan fingerprint density at radius 1 is 1.00 bits per heavy atom. The number of rotatable bonds is 4. The van der Waals surface area contributed by atoms with Crippen molar-refractivity contribution in [3.05, 3.63) is 65.0 Å². The van der Waals surface area contributed by atoms with Gasteiger partial charge in [0.1, 0.15) is 15.9 Å². The van der Waals surface area contributed by atoms with Gasteiger partial charge in [0.2, 0.25) is 0 Å². The van der Waals surface area contributed by atoms with Gasteiger partial charge in [-0.3, -0.25) is 0 Å². The van der Waals surface area contributed by atoms with Gasteiger partial charge in [0, 0.05) is 17.4 Å². The van der Waals surface area contributed by atoms with Crippen LogP contribution in [-0.4, -0.2) is 11.4 Å². The third-order valence-electron chi connectivity index (χ3n) is 4.08. The Balaban J connectivity index is 1.94. The maximum Gasteiger partial charge on any atom is 0.263 e. The van der Waals surface area contributed by atoms with Gasteiger partial charge in [-0.15, -0.1) is 23.2 Å². The van der Waals surface area contributed by atoms with Crippen LogP contribution >= 0.6 is 23.2 Å². The Hall–Kier alpha value is -1.39. The number of hydrogen-bond donors (Lipinski definition) is 0. The van der Waals surface area contributed by atoms with Crippen LogP contribution in [0.1, 0.15) is 35.0 Å². The quantitative estimate of drug-likeness (QED) is 0.623. The topological polar surface area (TPSA) is 9.23 Å². The molecule has 0 heterocycles. The number of halogens is 5. The summed E-state index contributed by atoms with van der Waals surface area (Å²) >= 11 is 12.6. The first kappa shape index (κ1) is 16.5. The summed E-state index contributed by atoms with van der Waals surface area (Å²) in [6, 6.07) is 10.5. The van der Waals surface area contributed by atoms with Gasteiger partial charge in [-0.1, -0.05) is 12.1 Å². The van der Waals surface area contributed by atoms with Crippen molar-refractivity contribution in [2.24, 2.45) is 0 Å². The van der Waals surface area contributed by atoms with Crippen LogP contribution < -0.4 is 4.74 Å². The molecule has 0 radical (unpaired) electrons. The largest absolute Gasteiger partial charge is 0.497 e. The van der Waals surface area contributed by atoms with Crippen LogP contribution in [0.4, 0.5) is 13.2 Å². The van der Waals surface area contributed by atoms with E-state index in [2.05, 4.69) is 0 Å². The molecule has 1 aliphatic rings. The fourth-order valence-corrected chi connectivity index (χ4v) is 3.79. The molecule has 0 spiro atoms. The van der Waals surface area contributed by atoms with E-state index in [4.69, 9.17) is 27.9 Å². The zero-order valence-corrected chi connectivity index (χ0v) is 13.6. The number of ether oxygens (including phenoxy) is 1. The molecule has 1 aliphatic carbocycles. The second-order valence-electron chi connectivity index (χ2n) is 5.52. The molecule has 6 heteroatoms.